The molecule has 1 aliphatic rings. The lowest BCUT2D eigenvalue weighted by Crippen LogP contribution is -2.45. The molecular weight excluding hydrogens is 158 g/mol. The van der Waals surface area contributed by atoms with Crippen molar-refractivity contribution in [3.63, 3.8) is 0 Å². The smallest absolute Gasteiger partial charge is 0.318 e. The second-order valence-corrected chi connectivity index (χ2v) is 3.06. The van der Waals surface area contributed by atoms with Crippen LogP contribution in [0.4, 0.5) is 0 Å². The van der Waals surface area contributed by atoms with Gasteiger partial charge in [0.1, 0.15) is 5.92 Å². The summed E-state index contributed by atoms with van der Waals surface area (Å²) in [5, 5.41) is 2.64. The summed E-state index contributed by atoms with van der Waals surface area (Å²) in [5.74, 6) is -1.16. The molecule has 1 saturated heterocycles. The number of rotatable bonds is 1. The predicted molar refractivity (Wildman–Crippen MR) is 42.3 cm³/mol. The number of ether oxygens (including phenoxy) is 1. The minimum Gasteiger partial charge on any atom is -0.468 e. The van der Waals surface area contributed by atoms with Crippen molar-refractivity contribution >= 4 is 11.9 Å². The number of hydrogen-bond acceptors (Lipinski definition) is 3. The summed E-state index contributed by atoms with van der Waals surface area (Å²) >= 11 is 0. The van der Waals surface area contributed by atoms with Crippen molar-refractivity contribution in [3.8, 4) is 0 Å². The molecule has 0 aliphatic carbocycles. The first-order valence-electron chi connectivity index (χ1n) is 4.02. The zero-order chi connectivity index (χ0) is 9.14. The van der Waals surface area contributed by atoms with Crippen LogP contribution in [-0.4, -0.2) is 25.5 Å². The average Bonchev–Trinajstić information content (AvgIpc) is 2.03. The van der Waals surface area contributed by atoms with Gasteiger partial charge in [0.05, 0.1) is 7.11 Å². The largest absolute Gasteiger partial charge is 0.468 e. The average molecular weight is 171 g/mol. The number of carbonyl (C=O) groups excluding carboxylic acids is 2. The van der Waals surface area contributed by atoms with Crippen molar-refractivity contribution in [2.45, 2.75) is 13.3 Å². The third kappa shape index (κ3) is 1.57. The molecule has 1 fully saturated rings. The third-order valence-corrected chi connectivity index (χ3v) is 2.21. The van der Waals surface area contributed by atoms with Crippen molar-refractivity contribution in [1.82, 2.24) is 5.32 Å². The van der Waals surface area contributed by atoms with Gasteiger partial charge in [-0.1, -0.05) is 6.92 Å². The molecule has 0 unspecified atom stereocenters. The Hall–Kier alpha value is -1.06. The zero-order valence-electron chi connectivity index (χ0n) is 7.29. The lowest BCUT2D eigenvalue weighted by molar-refractivity contribution is -0.153. The maximum atomic E-state index is 11.2. The molecule has 1 amide bonds. The van der Waals surface area contributed by atoms with E-state index in [4.69, 9.17) is 0 Å². The summed E-state index contributed by atoms with van der Waals surface area (Å²) in [6, 6.07) is 0. The van der Waals surface area contributed by atoms with E-state index in [-0.39, 0.29) is 11.8 Å². The summed E-state index contributed by atoms with van der Waals surface area (Å²) in [6.07, 6.45) is 0.839. The van der Waals surface area contributed by atoms with E-state index < -0.39 is 11.9 Å². The highest BCUT2D eigenvalue weighted by Gasteiger charge is 2.35. The molecule has 1 N–H and O–H groups in total. The lowest BCUT2D eigenvalue weighted by atomic mass is 9.87. The van der Waals surface area contributed by atoms with Gasteiger partial charge in [-0.15, -0.1) is 0 Å². The minimum atomic E-state index is -0.608. The van der Waals surface area contributed by atoms with Gasteiger partial charge in [-0.2, -0.15) is 0 Å². The Morgan fingerprint density at radius 1 is 1.67 bits per heavy atom. The second-order valence-electron chi connectivity index (χ2n) is 3.06. The normalized spacial score (nSPS) is 29.3. The molecule has 4 nitrogen and oxygen atoms in total. The van der Waals surface area contributed by atoms with Crippen molar-refractivity contribution in [2.24, 2.45) is 11.8 Å². The summed E-state index contributed by atoms with van der Waals surface area (Å²) in [6.45, 7) is 2.55. The molecular formula is C8H13NO3. The van der Waals surface area contributed by atoms with Crippen LogP contribution < -0.4 is 5.32 Å². The van der Waals surface area contributed by atoms with Gasteiger partial charge < -0.3 is 10.1 Å². The van der Waals surface area contributed by atoms with Crippen molar-refractivity contribution in [3.05, 3.63) is 0 Å². The monoisotopic (exact) mass is 171 g/mol. The Morgan fingerprint density at radius 3 is 2.83 bits per heavy atom. The molecule has 4 heteroatoms. The van der Waals surface area contributed by atoms with Crippen LogP contribution in [-0.2, 0) is 14.3 Å². The van der Waals surface area contributed by atoms with E-state index in [1.165, 1.54) is 7.11 Å². The Kier molecular flexibility index (Phi) is 2.68. The molecule has 0 saturated carbocycles. The van der Waals surface area contributed by atoms with Gasteiger partial charge >= 0.3 is 5.97 Å². The van der Waals surface area contributed by atoms with Crippen molar-refractivity contribution in [1.29, 1.82) is 0 Å². The zero-order valence-corrected chi connectivity index (χ0v) is 7.29. The Morgan fingerprint density at radius 2 is 2.33 bits per heavy atom. The third-order valence-electron chi connectivity index (χ3n) is 2.21. The van der Waals surface area contributed by atoms with E-state index in [0.717, 1.165) is 6.42 Å². The molecule has 0 spiro atoms. The molecule has 12 heavy (non-hydrogen) atoms. The highest BCUT2D eigenvalue weighted by molar-refractivity contribution is 5.98. The standard InChI is InChI=1S/C8H13NO3/c1-5-3-4-9-7(10)6(5)8(11)12-2/h5-6H,3-4H2,1-2H3,(H,9,10)/t5-,6-/m1/s1. The maximum absolute atomic E-state index is 11.2. The second kappa shape index (κ2) is 3.56. The molecule has 1 heterocycles. The first-order chi connectivity index (χ1) is 5.66. The van der Waals surface area contributed by atoms with Crippen LogP contribution in [0.15, 0.2) is 0 Å². The number of methoxy groups -OCH3 is 1. The highest BCUT2D eigenvalue weighted by atomic mass is 16.5. The summed E-state index contributed by atoms with van der Waals surface area (Å²) < 4.78 is 4.53. The van der Waals surface area contributed by atoms with Gasteiger partial charge in [0.2, 0.25) is 5.91 Å². The van der Waals surface area contributed by atoms with Crippen LogP contribution in [0.1, 0.15) is 13.3 Å². The van der Waals surface area contributed by atoms with Gasteiger partial charge in [0, 0.05) is 6.54 Å². The molecule has 2 atom stereocenters. The Bertz CT molecular complexity index is 194. The van der Waals surface area contributed by atoms with Gasteiger partial charge in [-0.05, 0) is 12.3 Å². The topological polar surface area (TPSA) is 55.4 Å². The van der Waals surface area contributed by atoms with Gasteiger partial charge in [-0.3, -0.25) is 9.59 Å². The summed E-state index contributed by atoms with van der Waals surface area (Å²) in [7, 11) is 1.30. The van der Waals surface area contributed by atoms with Gasteiger partial charge in [-0.25, -0.2) is 0 Å². The molecule has 0 aromatic heterocycles. The summed E-state index contributed by atoms with van der Waals surface area (Å²) in [4.78, 5) is 22.3. The van der Waals surface area contributed by atoms with Gasteiger partial charge in [0.25, 0.3) is 0 Å². The van der Waals surface area contributed by atoms with Gasteiger partial charge in [0.15, 0.2) is 0 Å². The molecule has 1 aliphatic heterocycles. The number of hydrogen-bond donors (Lipinski definition) is 1. The number of esters is 1. The maximum Gasteiger partial charge on any atom is 0.318 e. The molecule has 0 aromatic carbocycles. The van der Waals surface area contributed by atoms with Crippen LogP contribution in [0.25, 0.3) is 0 Å². The predicted octanol–water partition coefficient (Wildman–Crippen LogP) is -0.0684. The summed E-state index contributed by atoms with van der Waals surface area (Å²) in [5.41, 5.74) is 0. The number of amides is 1. The fourth-order valence-corrected chi connectivity index (χ4v) is 1.42. The van der Waals surface area contributed by atoms with Crippen LogP contribution in [0.3, 0.4) is 0 Å². The van der Waals surface area contributed by atoms with Crippen LogP contribution >= 0.6 is 0 Å². The van der Waals surface area contributed by atoms with Crippen LogP contribution in [0.2, 0.25) is 0 Å². The quantitative estimate of drug-likeness (QED) is 0.444. The number of carbonyl (C=O) groups is 2. The van der Waals surface area contributed by atoms with E-state index in [1.807, 2.05) is 6.92 Å². The molecule has 68 valence electrons. The molecule has 0 radical (unpaired) electrons. The lowest BCUT2D eigenvalue weighted by Gasteiger charge is -2.25. The van der Waals surface area contributed by atoms with E-state index in [2.05, 4.69) is 10.1 Å². The molecule has 0 bridgehead atoms. The van der Waals surface area contributed by atoms with E-state index >= 15 is 0 Å². The number of piperidine rings is 1. The fourth-order valence-electron chi connectivity index (χ4n) is 1.42. The Labute approximate surface area is 71.3 Å². The van der Waals surface area contributed by atoms with E-state index in [1.54, 1.807) is 0 Å². The first kappa shape index (κ1) is 9.03. The Balaban J connectivity index is 2.69. The number of nitrogens with one attached hydrogen (secondary N) is 1. The molecule has 1 rings (SSSR count). The van der Waals surface area contributed by atoms with E-state index in [0.29, 0.717) is 6.54 Å². The van der Waals surface area contributed by atoms with Crippen molar-refractivity contribution in [2.75, 3.05) is 13.7 Å². The van der Waals surface area contributed by atoms with E-state index in [9.17, 15) is 9.59 Å². The minimum absolute atomic E-state index is 0.0891. The molecule has 0 aromatic rings. The van der Waals surface area contributed by atoms with Crippen LogP contribution in [0.5, 0.6) is 0 Å². The highest BCUT2D eigenvalue weighted by Crippen LogP contribution is 2.20. The van der Waals surface area contributed by atoms with Crippen molar-refractivity contribution < 1.29 is 14.3 Å². The SMILES string of the molecule is COC(=O)[C@H]1C(=O)NCC[C@H]1C. The van der Waals surface area contributed by atoms with Crippen LogP contribution in [0, 0.1) is 11.8 Å². The first-order valence-corrected chi connectivity index (χ1v) is 4.02. The fraction of sp³-hybridized carbons (Fsp3) is 0.750.